The van der Waals surface area contributed by atoms with Gasteiger partial charge in [-0.15, -0.1) is 0 Å². The Morgan fingerprint density at radius 2 is 1.62 bits per heavy atom. The van der Waals surface area contributed by atoms with E-state index >= 15 is 0 Å². The molecular formula is C25H23ClF3N3O4S. The van der Waals surface area contributed by atoms with Crippen LogP contribution in [0.5, 0.6) is 0 Å². The molecule has 0 spiro atoms. The number of hydrogen-bond donors (Lipinski definition) is 2. The average Bonchev–Trinajstić information content (AvgIpc) is 2.86. The van der Waals surface area contributed by atoms with Crippen LogP contribution in [-0.2, 0) is 21.0 Å². The van der Waals surface area contributed by atoms with Gasteiger partial charge in [0, 0.05) is 6.54 Å². The van der Waals surface area contributed by atoms with Gasteiger partial charge in [-0.25, -0.2) is 8.42 Å². The maximum Gasteiger partial charge on any atom is 0.416 e. The number of hydrogen-bond acceptors (Lipinski definition) is 4. The predicted molar refractivity (Wildman–Crippen MR) is 135 cm³/mol. The van der Waals surface area contributed by atoms with Gasteiger partial charge in [0.15, 0.2) is 0 Å². The summed E-state index contributed by atoms with van der Waals surface area (Å²) in [6.07, 6.45) is -4.10. The lowest BCUT2D eigenvalue weighted by Gasteiger charge is -2.26. The summed E-state index contributed by atoms with van der Waals surface area (Å²) in [4.78, 5) is 25.3. The molecule has 3 rings (SSSR count). The number of carbonyl (C=O) groups excluding carboxylic acids is 2. The number of nitrogens with zero attached hydrogens (tertiary/aromatic N) is 1. The third kappa shape index (κ3) is 6.80. The topological polar surface area (TPSA) is 95.6 Å². The lowest BCUT2D eigenvalue weighted by Crippen LogP contribution is -2.38. The van der Waals surface area contributed by atoms with Crippen LogP contribution < -0.4 is 14.9 Å². The largest absolute Gasteiger partial charge is 0.416 e. The van der Waals surface area contributed by atoms with Crippen LogP contribution in [0.2, 0.25) is 5.02 Å². The SMILES string of the molecule is CCCNC(=O)c1ccccc1NC(=O)CN(c1cc(C(F)(F)F)ccc1Cl)S(=O)(=O)c1ccccc1. The first kappa shape index (κ1) is 28.0. The first-order chi connectivity index (χ1) is 17.4. The molecule has 2 N–H and O–H groups in total. The van der Waals surface area contributed by atoms with Gasteiger partial charge in [0.25, 0.3) is 15.9 Å². The molecule has 37 heavy (non-hydrogen) atoms. The number of benzene rings is 3. The molecule has 0 atom stereocenters. The van der Waals surface area contributed by atoms with E-state index in [1.54, 1.807) is 18.2 Å². The van der Waals surface area contributed by atoms with Crippen molar-refractivity contribution < 1.29 is 31.2 Å². The van der Waals surface area contributed by atoms with Gasteiger partial charge in [-0.3, -0.25) is 13.9 Å². The molecule has 0 aliphatic carbocycles. The minimum absolute atomic E-state index is 0.105. The van der Waals surface area contributed by atoms with Crippen LogP contribution in [0.3, 0.4) is 0 Å². The van der Waals surface area contributed by atoms with Gasteiger partial charge in [-0.1, -0.05) is 48.9 Å². The maximum absolute atomic E-state index is 13.5. The average molecular weight is 554 g/mol. The summed E-state index contributed by atoms with van der Waals surface area (Å²) < 4.78 is 67.7. The summed E-state index contributed by atoms with van der Waals surface area (Å²) >= 11 is 6.14. The normalized spacial score (nSPS) is 11.6. The number of sulfonamides is 1. The zero-order valence-corrected chi connectivity index (χ0v) is 21.1. The van der Waals surface area contributed by atoms with Crippen LogP contribution in [0.1, 0.15) is 29.3 Å². The number of anilines is 2. The highest BCUT2D eigenvalue weighted by atomic mass is 35.5. The third-order valence-electron chi connectivity index (χ3n) is 5.14. The minimum Gasteiger partial charge on any atom is -0.352 e. The number of amides is 2. The Morgan fingerprint density at radius 1 is 0.973 bits per heavy atom. The molecule has 0 aliphatic rings. The second-order valence-corrected chi connectivity index (χ2v) is 10.1. The second-order valence-electron chi connectivity index (χ2n) is 7.84. The minimum atomic E-state index is -4.78. The number of nitrogens with one attached hydrogen (secondary N) is 2. The summed E-state index contributed by atoms with van der Waals surface area (Å²) in [5.74, 6) is -1.35. The van der Waals surface area contributed by atoms with Crippen molar-refractivity contribution in [1.29, 1.82) is 0 Å². The van der Waals surface area contributed by atoms with Gasteiger partial charge >= 0.3 is 6.18 Å². The molecule has 0 radical (unpaired) electrons. The number of carbonyl (C=O) groups is 2. The van der Waals surface area contributed by atoms with E-state index < -0.39 is 45.8 Å². The fourth-order valence-electron chi connectivity index (χ4n) is 3.34. The molecule has 0 saturated carbocycles. The highest BCUT2D eigenvalue weighted by Gasteiger charge is 2.34. The molecular weight excluding hydrogens is 531 g/mol. The number of para-hydroxylation sites is 1. The maximum atomic E-state index is 13.5. The Hall–Kier alpha value is -3.57. The van der Waals surface area contributed by atoms with Crippen molar-refractivity contribution in [3.8, 4) is 0 Å². The second kappa shape index (κ2) is 11.7. The van der Waals surface area contributed by atoms with E-state index in [9.17, 15) is 31.2 Å². The standard InChI is InChI=1S/C25H23ClF3N3O4S/c1-2-14-30-24(34)19-10-6-7-11-21(19)31-23(33)16-32(37(35,36)18-8-4-3-5-9-18)22-15-17(25(27,28)29)12-13-20(22)26/h3-13,15H,2,14,16H2,1H3,(H,30,34)(H,31,33). The van der Waals surface area contributed by atoms with Gasteiger partial charge in [-0.2, -0.15) is 13.2 Å². The van der Waals surface area contributed by atoms with Crippen molar-refractivity contribution >= 4 is 44.8 Å². The Morgan fingerprint density at radius 3 is 2.27 bits per heavy atom. The summed E-state index contributed by atoms with van der Waals surface area (Å²) in [5, 5.41) is 4.86. The highest BCUT2D eigenvalue weighted by Crippen LogP contribution is 2.37. The van der Waals surface area contributed by atoms with Gasteiger partial charge in [0.1, 0.15) is 6.54 Å². The van der Waals surface area contributed by atoms with E-state index in [0.717, 1.165) is 6.07 Å². The number of halogens is 4. The van der Waals surface area contributed by atoms with Gasteiger partial charge in [0.2, 0.25) is 5.91 Å². The summed E-state index contributed by atoms with van der Waals surface area (Å²) in [6.45, 7) is 1.36. The molecule has 0 heterocycles. The molecule has 12 heteroatoms. The third-order valence-corrected chi connectivity index (χ3v) is 7.24. The summed E-state index contributed by atoms with van der Waals surface area (Å²) in [7, 11) is -4.52. The Labute approximate surface area is 217 Å². The van der Waals surface area contributed by atoms with E-state index in [1.165, 1.54) is 36.4 Å². The van der Waals surface area contributed by atoms with Gasteiger partial charge < -0.3 is 10.6 Å². The van der Waals surface area contributed by atoms with Crippen LogP contribution in [0.4, 0.5) is 24.5 Å². The van der Waals surface area contributed by atoms with Crippen molar-refractivity contribution in [2.75, 3.05) is 22.7 Å². The summed E-state index contributed by atoms with van der Waals surface area (Å²) in [6, 6.07) is 15.2. The smallest absolute Gasteiger partial charge is 0.352 e. The zero-order valence-electron chi connectivity index (χ0n) is 19.5. The Kier molecular flexibility index (Phi) is 8.82. The molecule has 2 amide bonds. The molecule has 7 nitrogen and oxygen atoms in total. The zero-order chi connectivity index (χ0) is 27.2. The predicted octanol–water partition coefficient (Wildman–Crippen LogP) is 5.33. The van der Waals surface area contributed by atoms with Crippen molar-refractivity contribution in [1.82, 2.24) is 5.32 Å². The van der Waals surface area contributed by atoms with Gasteiger partial charge in [-0.05, 0) is 48.9 Å². The van der Waals surface area contributed by atoms with Crippen LogP contribution in [0, 0.1) is 0 Å². The fraction of sp³-hybridized carbons (Fsp3) is 0.200. The van der Waals surface area contributed by atoms with E-state index in [4.69, 9.17) is 11.6 Å². The molecule has 3 aromatic rings. The van der Waals surface area contributed by atoms with E-state index in [-0.39, 0.29) is 21.2 Å². The monoisotopic (exact) mass is 553 g/mol. The van der Waals surface area contributed by atoms with Crippen LogP contribution in [0.15, 0.2) is 77.7 Å². The van der Waals surface area contributed by atoms with E-state index in [0.29, 0.717) is 29.4 Å². The molecule has 0 unspecified atom stereocenters. The highest BCUT2D eigenvalue weighted by molar-refractivity contribution is 7.92. The lowest BCUT2D eigenvalue weighted by atomic mass is 10.1. The molecule has 0 fully saturated rings. The van der Waals surface area contributed by atoms with Crippen molar-refractivity contribution in [2.24, 2.45) is 0 Å². The van der Waals surface area contributed by atoms with Crippen molar-refractivity contribution in [2.45, 2.75) is 24.4 Å². The van der Waals surface area contributed by atoms with Gasteiger partial charge in [0.05, 0.1) is 32.4 Å². The molecule has 3 aromatic carbocycles. The Balaban J connectivity index is 2.02. The lowest BCUT2D eigenvalue weighted by molar-refractivity contribution is -0.137. The van der Waals surface area contributed by atoms with Crippen molar-refractivity contribution in [3.05, 3.63) is 88.9 Å². The first-order valence-corrected chi connectivity index (χ1v) is 12.9. The number of alkyl halides is 3. The van der Waals surface area contributed by atoms with Crippen molar-refractivity contribution in [3.63, 3.8) is 0 Å². The molecule has 196 valence electrons. The quantitative estimate of drug-likeness (QED) is 0.374. The molecule has 0 saturated heterocycles. The molecule has 0 aliphatic heterocycles. The fourth-order valence-corrected chi connectivity index (χ4v) is 5.07. The molecule has 0 bridgehead atoms. The summed E-state index contributed by atoms with van der Waals surface area (Å²) in [5.41, 5.74) is -1.42. The Bertz CT molecular complexity index is 1380. The van der Waals surface area contributed by atoms with Crippen LogP contribution in [-0.4, -0.2) is 33.3 Å². The first-order valence-electron chi connectivity index (χ1n) is 11.1. The number of rotatable bonds is 9. The van der Waals surface area contributed by atoms with E-state index in [1.807, 2.05) is 6.92 Å². The van der Waals surface area contributed by atoms with Crippen LogP contribution >= 0.6 is 11.6 Å². The van der Waals surface area contributed by atoms with Crippen LogP contribution in [0.25, 0.3) is 0 Å². The molecule has 0 aromatic heterocycles. The van der Waals surface area contributed by atoms with E-state index in [2.05, 4.69) is 10.6 Å².